The molecule has 1 saturated carbocycles. The standard InChI is InChI=1S/C25H24N2O3/c1-13-8-14(2)10-18(9-13)26-23(28)16-4-6-19(7-5-16)27-24(29)21-17-11-15(3)20(12-17)22(21)25(27)30/h4-11,17,20-22H,12H2,1-3H3,(H,26,28)/t17-,20-,21+,22+/m1/s1. The quantitative estimate of drug-likeness (QED) is 0.618. The van der Waals surface area contributed by atoms with Gasteiger partial charge in [0.15, 0.2) is 0 Å². The van der Waals surface area contributed by atoms with E-state index in [0.717, 1.165) is 23.2 Å². The first kappa shape index (κ1) is 18.8. The lowest BCUT2D eigenvalue weighted by Gasteiger charge is -2.19. The highest BCUT2D eigenvalue weighted by atomic mass is 16.2. The highest BCUT2D eigenvalue weighted by Crippen LogP contribution is 2.55. The van der Waals surface area contributed by atoms with Gasteiger partial charge < -0.3 is 5.32 Å². The van der Waals surface area contributed by atoms with Gasteiger partial charge in [0.05, 0.1) is 17.5 Å². The fourth-order valence-corrected chi connectivity index (χ4v) is 5.54. The molecule has 2 fully saturated rings. The number of anilines is 2. The van der Waals surface area contributed by atoms with Crippen molar-refractivity contribution in [3.63, 3.8) is 0 Å². The Morgan fingerprint density at radius 2 is 1.57 bits per heavy atom. The topological polar surface area (TPSA) is 66.5 Å². The van der Waals surface area contributed by atoms with Gasteiger partial charge in [-0.3, -0.25) is 19.3 Å². The van der Waals surface area contributed by atoms with E-state index in [4.69, 9.17) is 0 Å². The second kappa shape index (κ2) is 6.66. The van der Waals surface area contributed by atoms with Crippen molar-refractivity contribution in [3.8, 4) is 0 Å². The summed E-state index contributed by atoms with van der Waals surface area (Å²) in [6.07, 6.45) is 3.09. The number of carbonyl (C=O) groups is 3. The van der Waals surface area contributed by atoms with Gasteiger partial charge in [0, 0.05) is 11.3 Å². The summed E-state index contributed by atoms with van der Waals surface area (Å²) in [4.78, 5) is 40.0. The minimum absolute atomic E-state index is 0.0996. The molecule has 4 atom stereocenters. The maximum Gasteiger partial charge on any atom is 0.255 e. The van der Waals surface area contributed by atoms with Gasteiger partial charge >= 0.3 is 0 Å². The van der Waals surface area contributed by atoms with Gasteiger partial charge in [-0.15, -0.1) is 0 Å². The molecule has 2 aromatic rings. The first-order chi connectivity index (χ1) is 14.3. The zero-order chi connectivity index (χ0) is 21.2. The number of imide groups is 1. The number of allylic oxidation sites excluding steroid dienone is 2. The van der Waals surface area contributed by atoms with Gasteiger partial charge in [-0.2, -0.15) is 0 Å². The molecule has 3 amide bonds. The van der Waals surface area contributed by atoms with Gasteiger partial charge in [0.2, 0.25) is 11.8 Å². The van der Waals surface area contributed by atoms with Crippen LogP contribution in [0.1, 0.15) is 34.8 Å². The molecule has 0 aromatic heterocycles. The molecule has 5 rings (SSSR count). The number of carbonyl (C=O) groups excluding carboxylic acids is 3. The maximum absolute atomic E-state index is 13.1. The predicted molar refractivity (Wildman–Crippen MR) is 115 cm³/mol. The third-order valence-corrected chi connectivity index (χ3v) is 6.75. The molecule has 2 aliphatic carbocycles. The summed E-state index contributed by atoms with van der Waals surface area (Å²) < 4.78 is 0. The highest BCUT2D eigenvalue weighted by Gasteiger charge is 2.60. The van der Waals surface area contributed by atoms with Crippen molar-refractivity contribution in [1.29, 1.82) is 0 Å². The van der Waals surface area contributed by atoms with E-state index in [9.17, 15) is 14.4 Å². The van der Waals surface area contributed by atoms with Gasteiger partial charge in [-0.1, -0.05) is 17.7 Å². The number of hydrogen-bond acceptors (Lipinski definition) is 3. The summed E-state index contributed by atoms with van der Waals surface area (Å²) in [6, 6.07) is 12.6. The van der Waals surface area contributed by atoms with Crippen LogP contribution in [0, 0.1) is 37.5 Å². The summed E-state index contributed by atoms with van der Waals surface area (Å²) in [5.41, 5.74) is 5.17. The average molecular weight is 400 g/mol. The molecule has 1 heterocycles. The van der Waals surface area contributed by atoms with E-state index >= 15 is 0 Å². The molecule has 3 aliphatic rings. The second-order valence-electron chi connectivity index (χ2n) is 8.86. The number of hydrogen-bond donors (Lipinski definition) is 1. The smallest absolute Gasteiger partial charge is 0.255 e. The Balaban J connectivity index is 1.35. The number of rotatable bonds is 3. The van der Waals surface area contributed by atoms with Crippen LogP contribution in [0.25, 0.3) is 0 Å². The van der Waals surface area contributed by atoms with E-state index in [1.54, 1.807) is 24.3 Å². The zero-order valence-electron chi connectivity index (χ0n) is 17.3. The number of nitrogens with zero attached hydrogens (tertiary/aromatic N) is 1. The van der Waals surface area contributed by atoms with Gasteiger partial charge in [-0.05, 0) is 86.6 Å². The van der Waals surface area contributed by atoms with Crippen LogP contribution in [0.3, 0.4) is 0 Å². The van der Waals surface area contributed by atoms with Crippen LogP contribution in [0.4, 0.5) is 11.4 Å². The Labute approximate surface area is 175 Å². The van der Waals surface area contributed by atoms with Crippen LogP contribution in [0.2, 0.25) is 0 Å². The van der Waals surface area contributed by atoms with Crippen molar-refractivity contribution >= 4 is 29.1 Å². The predicted octanol–water partition coefficient (Wildman–Crippen LogP) is 4.26. The lowest BCUT2D eigenvalue weighted by atomic mass is 9.82. The number of fused-ring (bicyclic) bond motifs is 5. The molecule has 2 bridgehead atoms. The molecule has 2 aromatic carbocycles. The van der Waals surface area contributed by atoms with Gasteiger partial charge in [0.25, 0.3) is 5.91 Å². The summed E-state index contributed by atoms with van der Waals surface area (Å²) in [5, 5.41) is 2.91. The van der Waals surface area contributed by atoms with Crippen LogP contribution < -0.4 is 10.2 Å². The lowest BCUT2D eigenvalue weighted by Crippen LogP contribution is -2.33. The van der Waals surface area contributed by atoms with Gasteiger partial charge in [0.1, 0.15) is 0 Å². The summed E-state index contributed by atoms with van der Waals surface area (Å²) in [6.45, 7) is 6.03. The third kappa shape index (κ3) is 2.80. The molecule has 0 radical (unpaired) electrons. The summed E-state index contributed by atoms with van der Waals surface area (Å²) in [5.74, 6) is -0.487. The van der Waals surface area contributed by atoms with E-state index in [1.807, 2.05) is 32.0 Å². The summed E-state index contributed by atoms with van der Waals surface area (Å²) in [7, 11) is 0. The van der Waals surface area contributed by atoms with E-state index in [0.29, 0.717) is 11.3 Å². The van der Waals surface area contributed by atoms with Crippen LogP contribution in [0.15, 0.2) is 54.1 Å². The molecule has 1 N–H and O–H groups in total. The molecule has 1 saturated heterocycles. The van der Waals surface area contributed by atoms with Crippen molar-refractivity contribution in [3.05, 3.63) is 70.8 Å². The monoisotopic (exact) mass is 400 g/mol. The van der Waals surface area contributed by atoms with Crippen molar-refractivity contribution < 1.29 is 14.4 Å². The Kier molecular flexibility index (Phi) is 4.17. The molecule has 30 heavy (non-hydrogen) atoms. The number of aryl methyl sites for hydroxylation is 2. The number of amides is 3. The minimum Gasteiger partial charge on any atom is -0.322 e. The largest absolute Gasteiger partial charge is 0.322 e. The van der Waals surface area contributed by atoms with E-state index in [-0.39, 0.29) is 41.4 Å². The third-order valence-electron chi connectivity index (χ3n) is 6.75. The van der Waals surface area contributed by atoms with Gasteiger partial charge in [-0.25, -0.2) is 0 Å². The summed E-state index contributed by atoms with van der Waals surface area (Å²) >= 11 is 0. The Hall–Kier alpha value is -3.21. The van der Waals surface area contributed by atoms with Crippen LogP contribution in [0.5, 0.6) is 0 Å². The highest BCUT2D eigenvalue weighted by molar-refractivity contribution is 6.23. The van der Waals surface area contributed by atoms with Crippen molar-refractivity contribution in [1.82, 2.24) is 0 Å². The maximum atomic E-state index is 13.1. The minimum atomic E-state index is -0.223. The van der Waals surface area contributed by atoms with Crippen LogP contribution in [-0.2, 0) is 9.59 Å². The van der Waals surface area contributed by atoms with E-state index in [1.165, 1.54) is 10.5 Å². The molecule has 0 spiro atoms. The fourth-order valence-electron chi connectivity index (χ4n) is 5.54. The SMILES string of the molecule is CC1=C[C@@H]2C[C@H]1[C@@H]1C(=O)N(c3ccc(C(=O)Nc4cc(C)cc(C)c4)cc3)C(=O)[C@H]12. The molecular formula is C25H24N2O3. The molecule has 1 aliphatic heterocycles. The second-order valence-corrected chi connectivity index (χ2v) is 8.86. The Bertz CT molecular complexity index is 1100. The first-order valence-electron chi connectivity index (χ1n) is 10.4. The average Bonchev–Trinajstić information content (AvgIpc) is 3.32. The van der Waals surface area contributed by atoms with Crippen LogP contribution in [-0.4, -0.2) is 17.7 Å². The molecule has 0 unspecified atom stereocenters. The Morgan fingerprint density at radius 1 is 0.933 bits per heavy atom. The lowest BCUT2D eigenvalue weighted by molar-refractivity contribution is -0.123. The first-order valence-corrected chi connectivity index (χ1v) is 10.4. The molecular weight excluding hydrogens is 376 g/mol. The van der Waals surface area contributed by atoms with E-state index in [2.05, 4.69) is 18.3 Å². The van der Waals surface area contributed by atoms with Crippen LogP contribution >= 0.6 is 0 Å². The molecule has 5 heteroatoms. The molecule has 5 nitrogen and oxygen atoms in total. The normalized spacial score (nSPS) is 26.8. The number of nitrogens with one attached hydrogen (secondary N) is 1. The van der Waals surface area contributed by atoms with Crippen molar-refractivity contribution in [2.45, 2.75) is 27.2 Å². The molecule has 152 valence electrons. The Morgan fingerprint density at radius 3 is 2.23 bits per heavy atom. The fraction of sp³-hybridized carbons (Fsp3) is 0.320. The van der Waals surface area contributed by atoms with E-state index < -0.39 is 0 Å². The van der Waals surface area contributed by atoms with Crippen molar-refractivity contribution in [2.75, 3.05) is 10.2 Å². The number of benzene rings is 2. The zero-order valence-corrected chi connectivity index (χ0v) is 17.3. The van der Waals surface area contributed by atoms with Crippen molar-refractivity contribution in [2.24, 2.45) is 23.7 Å².